The molecule has 2 unspecified atom stereocenters. The Kier molecular flexibility index (Phi) is 4.48. The second-order valence-corrected chi connectivity index (χ2v) is 5.97. The average Bonchev–Trinajstić information content (AvgIpc) is 2.36. The molecule has 1 saturated heterocycles. The number of nitrogens with zero attached hydrogens (tertiary/aromatic N) is 1. The van der Waals surface area contributed by atoms with Crippen LogP contribution in [0.5, 0.6) is 5.75 Å². The number of hydrogen-bond donors (Lipinski definition) is 2. The molecule has 3 heteroatoms. The summed E-state index contributed by atoms with van der Waals surface area (Å²) >= 11 is 0. The van der Waals surface area contributed by atoms with E-state index in [1.54, 1.807) is 0 Å². The lowest BCUT2D eigenvalue weighted by molar-refractivity contribution is 0.0990. The Morgan fingerprint density at radius 3 is 2.53 bits per heavy atom. The highest BCUT2D eigenvalue weighted by Crippen LogP contribution is 2.27. The maximum Gasteiger partial charge on any atom is 0.121 e. The van der Waals surface area contributed by atoms with Crippen LogP contribution in [0, 0.1) is 19.8 Å². The van der Waals surface area contributed by atoms with Crippen LogP contribution in [0.25, 0.3) is 0 Å². The standard InChI is InChI=1S/C16H26N2O/c1-11-5-4-6-18(15(11)9-17)10-14-7-12(2)16(19)13(3)8-14/h7-8,11,15,19H,4-6,9-10,17H2,1-3H3. The summed E-state index contributed by atoms with van der Waals surface area (Å²) in [5.74, 6) is 1.10. The number of benzene rings is 1. The Balaban J connectivity index is 2.15. The van der Waals surface area contributed by atoms with Gasteiger partial charge < -0.3 is 10.8 Å². The Bertz CT molecular complexity index is 421. The monoisotopic (exact) mass is 262 g/mol. The second-order valence-electron chi connectivity index (χ2n) is 5.97. The van der Waals surface area contributed by atoms with Crippen LogP contribution < -0.4 is 5.73 Å². The molecular weight excluding hydrogens is 236 g/mol. The van der Waals surface area contributed by atoms with E-state index in [4.69, 9.17) is 5.73 Å². The molecular formula is C16H26N2O. The number of hydrogen-bond acceptors (Lipinski definition) is 3. The molecule has 1 fully saturated rings. The first-order valence-electron chi connectivity index (χ1n) is 7.26. The Morgan fingerprint density at radius 2 is 1.95 bits per heavy atom. The van der Waals surface area contributed by atoms with Crippen molar-refractivity contribution in [2.45, 2.75) is 46.2 Å². The second kappa shape index (κ2) is 5.93. The number of aryl methyl sites for hydroxylation is 2. The number of nitrogens with two attached hydrogens (primary N) is 1. The van der Waals surface area contributed by atoms with Crippen molar-refractivity contribution in [1.82, 2.24) is 4.90 Å². The van der Waals surface area contributed by atoms with Gasteiger partial charge in [-0.1, -0.05) is 19.1 Å². The third-order valence-corrected chi connectivity index (χ3v) is 4.41. The first-order valence-corrected chi connectivity index (χ1v) is 7.26. The molecule has 19 heavy (non-hydrogen) atoms. The van der Waals surface area contributed by atoms with E-state index in [-0.39, 0.29) is 0 Å². The van der Waals surface area contributed by atoms with Gasteiger partial charge in [0.05, 0.1) is 0 Å². The number of phenolic OH excluding ortho intramolecular Hbond substituents is 1. The van der Waals surface area contributed by atoms with Crippen molar-refractivity contribution in [1.29, 1.82) is 0 Å². The summed E-state index contributed by atoms with van der Waals surface area (Å²) in [4.78, 5) is 2.50. The molecule has 1 heterocycles. The van der Waals surface area contributed by atoms with Crippen LogP contribution in [0.1, 0.15) is 36.5 Å². The fourth-order valence-corrected chi connectivity index (χ4v) is 3.28. The molecule has 2 atom stereocenters. The molecule has 3 N–H and O–H groups in total. The fraction of sp³-hybridized carbons (Fsp3) is 0.625. The summed E-state index contributed by atoms with van der Waals surface area (Å²) < 4.78 is 0. The van der Waals surface area contributed by atoms with Gasteiger partial charge in [0.1, 0.15) is 5.75 Å². The van der Waals surface area contributed by atoms with Crippen LogP contribution in [-0.2, 0) is 6.54 Å². The smallest absolute Gasteiger partial charge is 0.121 e. The molecule has 3 nitrogen and oxygen atoms in total. The van der Waals surface area contributed by atoms with Crippen molar-refractivity contribution in [2.75, 3.05) is 13.1 Å². The van der Waals surface area contributed by atoms with Crippen molar-refractivity contribution in [3.05, 3.63) is 28.8 Å². The lowest BCUT2D eigenvalue weighted by Crippen LogP contribution is -2.48. The topological polar surface area (TPSA) is 49.5 Å². The van der Waals surface area contributed by atoms with Gasteiger partial charge in [-0.3, -0.25) is 4.90 Å². The van der Waals surface area contributed by atoms with Crippen molar-refractivity contribution in [3.63, 3.8) is 0 Å². The Labute approximate surface area is 116 Å². The van der Waals surface area contributed by atoms with E-state index in [0.29, 0.717) is 17.7 Å². The van der Waals surface area contributed by atoms with E-state index in [2.05, 4.69) is 24.0 Å². The minimum Gasteiger partial charge on any atom is -0.507 e. The molecule has 0 radical (unpaired) electrons. The van der Waals surface area contributed by atoms with Crippen LogP contribution in [0.4, 0.5) is 0 Å². The van der Waals surface area contributed by atoms with E-state index >= 15 is 0 Å². The lowest BCUT2D eigenvalue weighted by Gasteiger charge is -2.39. The molecule has 0 spiro atoms. The van der Waals surface area contributed by atoms with Gasteiger partial charge in [0.15, 0.2) is 0 Å². The highest BCUT2D eigenvalue weighted by molar-refractivity contribution is 5.42. The molecule has 1 aliphatic heterocycles. The van der Waals surface area contributed by atoms with Crippen LogP contribution in [-0.4, -0.2) is 29.1 Å². The molecule has 106 valence electrons. The predicted octanol–water partition coefficient (Wildman–Crippen LogP) is 2.57. The average molecular weight is 262 g/mol. The Morgan fingerprint density at radius 1 is 1.32 bits per heavy atom. The molecule has 2 rings (SSSR count). The number of phenols is 1. The minimum atomic E-state index is 0.422. The zero-order valence-corrected chi connectivity index (χ0v) is 12.3. The third-order valence-electron chi connectivity index (χ3n) is 4.41. The van der Waals surface area contributed by atoms with E-state index in [9.17, 15) is 5.11 Å². The summed E-state index contributed by atoms with van der Waals surface area (Å²) in [6.07, 6.45) is 2.54. The molecule has 0 amide bonds. The molecule has 1 aromatic carbocycles. The van der Waals surface area contributed by atoms with Crippen molar-refractivity contribution in [3.8, 4) is 5.75 Å². The maximum absolute atomic E-state index is 9.84. The molecule has 1 aromatic rings. The fourth-order valence-electron chi connectivity index (χ4n) is 3.28. The number of aromatic hydroxyl groups is 1. The first kappa shape index (κ1) is 14.4. The van der Waals surface area contributed by atoms with Gasteiger partial charge >= 0.3 is 0 Å². The predicted molar refractivity (Wildman–Crippen MR) is 79.2 cm³/mol. The summed E-state index contributed by atoms with van der Waals surface area (Å²) in [6.45, 7) is 9.03. The van der Waals surface area contributed by atoms with Gasteiger partial charge in [0.2, 0.25) is 0 Å². The first-order chi connectivity index (χ1) is 9.02. The molecule has 0 bridgehead atoms. The van der Waals surface area contributed by atoms with Crippen molar-refractivity contribution in [2.24, 2.45) is 11.7 Å². The normalized spacial score (nSPS) is 24.6. The summed E-state index contributed by atoms with van der Waals surface area (Å²) in [5, 5.41) is 9.84. The quantitative estimate of drug-likeness (QED) is 0.880. The van der Waals surface area contributed by atoms with Crippen LogP contribution in [0.3, 0.4) is 0 Å². The summed E-state index contributed by atoms with van der Waals surface area (Å²) in [7, 11) is 0. The molecule has 1 aliphatic rings. The van der Waals surface area contributed by atoms with E-state index in [0.717, 1.165) is 30.8 Å². The number of rotatable bonds is 3. The third kappa shape index (κ3) is 3.10. The Hall–Kier alpha value is -1.06. The van der Waals surface area contributed by atoms with E-state index in [1.165, 1.54) is 18.4 Å². The lowest BCUT2D eigenvalue weighted by atomic mass is 9.90. The van der Waals surface area contributed by atoms with Crippen LogP contribution in [0.2, 0.25) is 0 Å². The highest BCUT2D eigenvalue weighted by atomic mass is 16.3. The summed E-state index contributed by atoms with van der Waals surface area (Å²) in [5.41, 5.74) is 9.14. The molecule has 0 aliphatic carbocycles. The van der Waals surface area contributed by atoms with E-state index < -0.39 is 0 Å². The van der Waals surface area contributed by atoms with Gasteiger partial charge in [0.25, 0.3) is 0 Å². The molecule has 0 saturated carbocycles. The minimum absolute atomic E-state index is 0.422. The van der Waals surface area contributed by atoms with Crippen LogP contribution >= 0.6 is 0 Å². The number of piperidine rings is 1. The SMILES string of the molecule is Cc1cc(CN2CCCC(C)C2CN)cc(C)c1O. The van der Waals surface area contributed by atoms with Gasteiger partial charge in [-0.2, -0.15) is 0 Å². The highest BCUT2D eigenvalue weighted by Gasteiger charge is 2.27. The van der Waals surface area contributed by atoms with Gasteiger partial charge in [-0.15, -0.1) is 0 Å². The maximum atomic E-state index is 9.84. The zero-order chi connectivity index (χ0) is 14.0. The number of likely N-dealkylation sites (tertiary alicyclic amines) is 1. The van der Waals surface area contributed by atoms with Crippen molar-refractivity contribution < 1.29 is 5.11 Å². The molecule has 0 aromatic heterocycles. The van der Waals surface area contributed by atoms with Gasteiger partial charge in [-0.05, 0) is 55.8 Å². The van der Waals surface area contributed by atoms with Gasteiger partial charge in [0, 0.05) is 19.1 Å². The largest absolute Gasteiger partial charge is 0.507 e. The zero-order valence-electron chi connectivity index (χ0n) is 12.3. The van der Waals surface area contributed by atoms with Crippen LogP contribution in [0.15, 0.2) is 12.1 Å². The van der Waals surface area contributed by atoms with Gasteiger partial charge in [-0.25, -0.2) is 0 Å². The van der Waals surface area contributed by atoms with Crippen molar-refractivity contribution >= 4 is 0 Å². The van der Waals surface area contributed by atoms with E-state index in [1.807, 2.05) is 13.8 Å². The summed E-state index contributed by atoms with van der Waals surface area (Å²) in [6, 6.07) is 4.67.